The van der Waals surface area contributed by atoms with Crippen LogP contribution in [0.3, 0.4) is 0 Å². The molecule has 1 aromatic carbocycles. The molecule has 0 spiro atoms. The van der Waals surface area contributed by atoms with Gasteiger partial charge >= 0.3 is 0 Å². The summed E-state index contributed by atoms with van der Waals surface area (Å²) in [6, 6.07) is 5.41. The number of aryl methyl sites for hydroxylation is 1. The van der Waals surface area contributed by atoms with Gasteiger partial charge in [0, 0.05) is 38.8 Å². The summed E-state index contributed by atoms with van der Waals surface area (Å²) in [4.78, 5) is 21.2. The van der Waals surface area contributed by atoms with Gasteiger partial charge in [-0.05, 0) is 18.6 Å². The quantitative estimate of drug-likeness (QED) is 0.314. The fourth-order valence-corrected chi connectivity index (χ4v) is 4.15. The number of nitrogens with two attached hydrogens (primary N) is 1. The Balaban J connectivity index is 1.56. The fraction of sp³-hybridized carbons (Fsp3) is 0.350. The normalized spacial score (nSPS) is 15.1. The van der Waals surface area contributed by atoms with E-state index >= 15 is 0 Å². The molecule has 2 heterocycles. The third-order valence-electron chi connectivity index (χ3n) is 4.86. The van der Waals surface area contributed by atoms with Crippen molar-refractivity contribution in [2.75, 3.05) is 50.0 Å². The minimum atomic E-state index is -0.308. The molecule has 1 aromatic heterocycles. The second kappa shape index (κ2) is 10.6. The monoisotopic (exact) mass is 463 g/mol. The number of thiazole rings is 1. The number of aliphatic hydroxyl groups excluding tert-OH is 1. The number of aromatic nitrogens is 1. The van der Waals surface area contributed by atoms with Crippen molar-refractivity contribution in [3.63, 3.8) is 0 Å². The molecule has 3 rings (SSSR count). The van der Waals surface area contributed by atoms with E-state index in [0.29, 0.717) is 46.2 Å². The zero-order valence-corrected chi connectivity index (χ0v) is 18.8. The standard InChI is InChI=1S/C20H26ClN7O2S/c1-13-3-2-4-14(21)18(13)26-19(30)15-12-24-20(31-15)25-16(22)11-17(23)28-7-5-27(6-8-28)9-10-29/h2-4,11-12,23,29H,5-10,22H2,1H3,(H,24,25)(H,26,30)/b16-11+,23-17?. The fourth-order valence-electron chi connectivity index (χ4n) is 3.15. The maximum absolute atomic E-state index is 12.5. The van der Waals surface area contributed by atoms with E-state index in [9.17, 15) is 4.79 Å². The van der Waals surface area contributed by atoms with Gasteiger partial charge in [0.15, 0.2) is 5.13 Å². The Morgan fingerprint density at radius 1 is 1.35 bits per heavy atom. The van der Waals surface area contributed by atoms with E-state index in [1.807, 2.05) is 24.0 Å². The van der Waals surface area contributed by atoms with Crippen LogP contribution in [-0.4, -0.2) is 71.0 Å². The van der Waals surface area contributed by atoms with Gasteiger partial charge in [0.1, 0.15) is 16.5 Å². The van der Waals surface area contributed by atoms with Gasteiger partial charge in [-0.3, -0.25) is 15.1 Å². The highest BCUT2D eigenvalue weighted by atomic mass is 35.5. The molecule has 11 heteroatoms. The summed E-state index contributed by atoms with van der Waals surface area (Å²) in [5.41, 5.74) is 7.47. The van der Waals surface area contributed by atoms with Gasteiger partial charge in [0.25, 0.3) is 5.91 Å². The summed E-state index contributed by atoms with van der Waals surface area (Å²) in [5, 5.41) is 23.9. The Morgan fingerprint density at radius 3 is 2.77 bits per heavy atom. The van der Waals surface area contributed by atoms with E-state index in [2.05, 4.69) is 20.5 Å². The smallest absolute Gasteiger partial charge is 0.267 e. The van der Waals surface area contributed by atoms with Gasteiger partial charge < -0.3 is 26.4 Å². The molecule has 31 heavy (non-hydrogen) atoms. The van der Waals surface area contributed by atoms with E-state index < -0.39 is 0 Å². The number of para-hydroxylation sites is 1. The SMILES string of the molecule is Cc1cccc(Cl)c1NC(=O)c1cnc(N/C(N)=C/C(=N)N2CCN(CCO)CC2)s1. The molecule has 9 nitrogen and oxygen atoms in total. The van der Waals surface area contributed by atoms with Gasteiger partial charge in [0.05, 0.1) is 23.5 Å². The van der Waals surface area contributed by atoms with Gasteiger partial charge in [-0.2, -0.15) is 0 Å². The second-order valence-electron chi connectivity index (χ2n) is 7.08. The van der Waals surface area contributed by atoms with E-state index in [0.717, 1.165) is 30.0 Å². The van der Waals surface area contributed by atoms with Crippen molar-refractivity contribution in [2.45, 2.75) is 6.92 Å². The number of halogens is 1. The van der Waals surface area contributed by atoms with E-state index in [1.54, 1.807) is 6.07 Å². The van der Waals surface area contributed by atoms with Crippen LogP contribution in [0, 0.1) is 12.3 Å². The number of piperazine rings is 1. The first-order chi connectivity index (χ1) is 14.9. The molecule has 1 aliphatic heterocycles. The number of β-amino-alcohol motifs (C(OH)–C–C–N with tert-alkyl or cyclic N) is 1. The lowest BCUT2D eigenvalue weighted by atomic mass is 10.2. The van der Waals surface area contributed by atoms with Crippen LogP contribution in [0.15, 0.2) is 36.3 Å². The number of carbonyl (C=O) groups is 1. The number of amidine groups is 1. The lowest BCUT2D eigenvalue weighted by molar-refractivity contribution is 0.103. The summed E-state index contributed by atoms with van der Waals surface area (Å²) in [5.74, 6) is 0.265. The van der Waals surface area contributed by atoms with Crippen molar-refractivity contribution in [2.24, 2.45) is 5.73 Å². The summed E-state index contributed by atoms with van der Waals surface area (Å²) in [6.07, 6.45) is 3.00. The molecule has 0 unspecified atom stereocenters. The maximum Gasteiger partial charge on any atom is 0.267 e. The molecule has 0 aliphatic carbocycles. The highest BCUT2D eigenvalue weighted by Gasteiger charge is 2.18. The highest BCUT2D eigenvalue weighted by Crippen LogP contribution is 2.27. The molecule has 2 aromatic rings. The summed E-state index contributed by atoms with van der Waals surface area (Å²) in [7, 11) is 0. The first-order valence-electron chi connectivity index (χ1n) is 9.80. The van der Waals surface area contributed by atoms with Crippen molar-refractivity contribution in [3.05, 3.63) is 51.8 Å². The van der Waals surface area contributed by atoms with Crippen molar-refractivity contribution in [3.8, 4) is 0 Å². The van der Waals surface area contributed by atoms with Crippen LogP contribution in [0.4, 0.5) is 10.8 Å². The molecule has 1 amide bonds. The molecule has 166 valence electrons. The Hall–Kier alpha value is -2.66. The minimum Gasteiger partial charge on any atom is -0.395 e. The average Bonchev–Trinajstić information content (AvgIpc) is 3.20. The number of rotatable bonds is 7. The minimum absolute atomic E-state index is 0.139. The van der Waals surface area contributed by atoms with Crippen LogP contribution in [0.5, 0.6) is 0 Å². The van der Waals surface area contributed by atoms with Crippen LogP contribution < -0.4 is 16.4 Å². The number of amides is 1. The lowest BCUT2D eigenvalue weighted by Crippen LogP contribution is -2.48. The predicted molar refractivity (Wildman–Crippen MR) is 125 cm³/mol. The maximum atomic E-state index is 12.5. The first kappa shape index (κ1) is 23.0. The number of hydrogen-bond donors (Lipinski definition) is 5. The van der Waals surface area contributed by atoms with Crippen molar-refractivity contribution in [1.29, 1.82) is 5.41 Å². The largest absolute Gasteiger partial charge is 0.395 e. The van der Waals surface area contributed by atoms with Crippen LogP contribution in [-0.2, 0) is 0 Å². The molecule has 0 saturated carbocycles. The molecule has 1 aliphatic rings. The molecular formula is C20H26ClN7O2S. The van der Waals surface area contributed by atoms with Crippen molar-refractivity contribution in [1.82, 2.24) is 14.8 Å². The number of anilines is 2. The van der Waals surface area contributed by atoms with Crippen LogP contribution in [0.1, 0.15) is 15.2 Å². The molecule has 0 radical (unpaired) electrons. The van der Waals surface area contributed by atoms with Crippen molar-refractivity contribution >= 4 is 45.5 Å². The number of hydrogen-bond acceptors (Lipinski definition) is 8. The highest BCUT2D eigenvalue weighted by molar-refractivity contribution is 7.17. The van der Waals surface area contributed by atoms with Crippen LogP contribution in [0.25, 0.3) is 0 Å². The molecule has 0 atom stereocenters. The molecule has 1 fully saturated rings. The van der Waals surface area contributed by atoms with Gasteiger partial charge in [-0.25, -0.2) is 4.98 Å². The predicted octanol–water partition coefficient (Wildman–Crippen LogP) is 2.16. The summed E-state index contributed by atoms with van der Waals surface area (Å²) >= 11 is 7.33. The summed E-state index contributed by atoms with van der Waals surface area (Å²) in [6.45, 7) is 5.64. The molecular weight excluding hydrogens is 438 g/mol. The third kappa shape index (κ3) is 6.17. The van der Waals surface area contributed by atoms with Crippen LogP contribution in [0.2, 0.25) is 5.02 Å². The lowest BCUT2D eigenvalue weighted by Gasteiger charge is -2.35. The molecule has 6 N–H and O–H groups in total. The first-order valence-corrected chi connectivity index (χ1v) is 11.0. The zero-order chi connectivity index (χ0) is 22.4. The van der Waals surface area contributed by atoms with Crippen molar-refractivity contribution < 1.29 is 9.90 Å². The molecule has 0 bridgehead atoms. The zero-order valence-electron chi connectivity index (χ0n) is 17.2. The number of nitrogens with one attached hydrogen (secondary N) is 3. The van der Waals surface area contributed by atoms with E-state index in [4.69, 9.17) is 27.9 Å². The summed E-state index contributed by atoms with van der Waals surface area (Å²) < 4.78 is 0. The molecule has 1 saturated heterocycles. The van der Waals surface area contributed by atoms with Crippen LogP contribution >= 0.6 is 22.9 Å². The Kier molecular flexibility index (Phi) is 7.85. The Bertz CT molecular complexity index is 950. The number of nitrogens with zero attached hydrogens (tertiary/aromatic N) is 3. The third-order valence-corrected chi connectivity index (χ3v) is 6.09. The number of carbonyl (C=O) groups excluding carboxylic acids is 1. The second-order valence-corrected chi connectivity index (χ2v) is 8.52. The Morgan fingerprint density at radius 2 is 2.10 bits per heavy atom. The van der Waals surface area contributed by atoms with E-state index in [-0.39, 0.29) is 18.3 Å². The van der Waals surface area contributed by atoms with Gasteiger partial charge in [-0.15, -0.1) is 0 Å². The number of benzene rings is 1. The average molecular weight is 464 g/mol. The van der Waals surface area contributed by atoms with E-state index in [1.165, 1.54) is 12.3 Å². The number of aliphatic hydroxyl groups is 1. The van der Waals surface area contributed by atoms with Gasteiger partial charge in [0.2, 0.25) is 0 Å². The van der Waals surface area contributed by atoms with Gasteiger partial charge in [-0.1, -0.05) is 35.1 Å². The Labute approximate surface area is 190 Å². The topological polar surface area (TPSA) is 131 Å².